The molecule has 234 valence electrons. The van der Waals surface area contributed by atoms with E-state index in [2.05, 4.69) is 28.7 Å². The lowest BCUT2D eigenvalue weighted by Gasteiger charge is -2.46. The van der Waals surface area contributed by atoms with Gasteiger partial charge in [0.05, 0.1) is 13.0 Å². The summed E-state index contributed by atoms with van der Waals surface area (Å²) in [6, 6.07) is -2.64. The topological polar surface area (TPSA) is 296 Å². The Morgan fingerprint density at radius 2 is 1.13 bits per heavy atom. The van der Waals surface area contributed by atoms with Crippen LogP contribution in [0.4, 0.5) is 0 Å². The lowest BCUT2D eigenvalue weighted by atomic mass is 9.84. The highest BCUT2D eigenvalue weighted by atomic mass is 35.5. The summed E-state index contributed by atoms with van der Waals surface area (Å²) in [4.78, 5) is 0. The zero-order valence-electron chi connectivity index (χ0n) is 20.5. The molecule has 0 aromatic carbocycles. The molecule has 21 N–H and O–H groups in total. The van der Waals surface area contributed by atoms with Gasteiger partial charge in [-0.15, -0.1) is 0 Å². The number of quaternary nitrogens is 5. The van der Waals surface area contributed by atoms with Crippen LogP contribution in [0.15, 0.2) is 0 Å². The van der Waals surface area contributed by atoms with Crippen molar-refractivity contribution in [1.29, 1.82) is 0 Å². The highest BCUT2D eigenvalue weighted by Gasteiger charge is 2.55. The SMILES string of the molecule is [Cl-].[Cl-].[Cl-].[Cl-].[Cl-].[NH3+]C[C@H]1O[C@H](O[C@H]2[C@H](O[C@@H]3O[C@H](CO)[C@@H](O)[C@H]([NH3+])[C@H]3O)[C@@H](O)[C@H]([NH3+])C[C@@H]2[NH3+])[C@H]([NH3+])[C@@H](O)[C@@H]1O. The lowest BCUT2D eigenvalue weighted by molar-refractivity contribution is -0.539. The minimum atomic E-state index is -1.34. The normalized spacial score (nSPS) is 46.7. The quantitative estimate of drug-likeness (QED) is 0.127. The average Bonchev–Trinajstić information content (AvgIpc) is 2.79. The van der Waals surface area contributed by atoms with E-state index in [1.165, 1.54) is 0 Å². The number of ether oxygens (including phenoxy) is 4. The maximum absolute atomic E-state index is 10.9. The Bertz CT molecular complexity index is 657. The molecule has 0 amide bonds. The van der Waals surface area contributed by atoms with E-state index in [1.807, 2.05) is 0 Å². The van der Waals surface area contributed by atoms with Crippen LogP contribution in [0.5, 0.6) is 0 Å². The first-order valence-electron chi connectivity index (χ1n) is 11.3. The third-order valence-corrected chi connectivity index (χ3v) is 6.93. The molecule has 3 fully saturated rings. The lowest BCUT2D eigenvalue weighted by Crippen LogP contribution is -3.00. The standard InChI is InChI=1S/C18H37N5O10.5ClH/c19-2-6-12(27)13(28)9(23)17(30-6)32-15-5(21)1-4(20)10(25)16(15)33-18-14(29)8(22)11(26)7(3-24)31-18;;;;;/h4-18,24-29H,1-3,19-23H2;5*1H/t4-,5+,6-,7-,8+,9-,10+,11-,12-,13-,14-,15-,16-,17-,18+;;;;;/m1...../s1. The summed E-state index contributed by atoms with van der Waals surface area (Å²) in [5, 5.41) is 61.6. The second kappa shape index (κ2) is 18.4. The van der Waals surface area contributed by atoms with Gasteiger partial charge in [-0.25, -0.2) is 0 Å². The van der Waals surface area contributed by atoms with E-state index in [0.717, 1.165) is 0 Å². The summed E-state index contributed by atoms with van der Waals surface area (Å²) in [7, 11) is 0. The molecule has 15 atom stereocenters. The van der Waals surface area contributed by atoms with Gasteiger partial charge < -0.3 is 140 Å². The molecule has 20 heteroatoms. The fourth-order valence-electron chi connectivity index (χ4n) is 4.69. The van der Waals surface area contributed by atoms with Crippen LogP contribution < -0.4 is 90.7 Å². The van der Waals surface area contributed by atoms with E-state index in [4.69, 9.17) is 18.9 Å². The summed E-state index contributed by atoms with van der Waals surface area (Å²) in [6.45, 7) is -0.334. The van der Waals surface area contributed by atoms with Crippen LogP contribution in [0.3, 0.4) is 0 Å². The van der Waals surface area contributed by atoms with E-state index >= 15 is 0 Å². The van der Waals surface area contributed by atoms with Gasteiger partial charge in [0, 0.05) is 0 Å². The van der Waals surface area contributed by atoms with Crippen molar-refractivity contribution in [3.05, 3.63) is 0 Å². The Balaban J connectivity index is -0.00000245. The highest BCUT2D eigenvalue weighted by Crippen LogP contribution is 2.30. The molecule has 0 aromatic rings. The molecule has 2 saturated heterocycles. The number of hydrogen-bond acceptors (Lipinski definition) is 10. The molecule has 0 bridgehead atoms. The summed E-state index contributed by atoms with van der Waals surface area (Å²) in [6.07, 6.45) is -11.8. The summed E-state index contributed by atoms with van der Waals surface area (Å²) in [5.41, 5.74) is 19.3. The average molecular weight is 666 g/mol. The molecule has 0 unspecified atom stereocenters. The second-order valence-electron chi connectivity index (χ2n) is 9.30. The first-order valence-corrected chi connectivity index (χ1v) is 11.3. The van der Waals surface area contributed by atoms with E-state index in [0.29, 0.717) is 6.42 Å². The molecule has 2 heterocycles. The van der Waals surface area contributed by atoms with Crippen molar-refractivity contribution in [2.75, 3.05) is 13.2 Å². The molecule has 2 aliphatic heterocycles. The monoisotopic (exact) mass is 663 g/mol. The molecule has 1 aliphatic carbocycles. The number of aliphatic hydroxyl groups excluding tert-OH is 6. The first-order chi connectivity index (χ1) is 15.5. The summed E-state index contributed by atoms with van der Waals surface area (Å²) in [5.74, 6) is 0. The number of hydrogen-bond donors (Lipinski definition) is 11. The minimum absolute atomic E-state index is 0. The fourth-order valence-corrected chi connectivity index (χ4v) is 4.69. The van der Waals surface area contributed by atoms with Crippen molar-refractivity contribution in [2.24, 2.45) is 0 Å². The smallest absolute Gasteiger partial charge is 0.214 e. The van der Waals surface area contributed by atoms with E-state index < -0.39 is 98.3 Å². The molecule has 38 heavy (non-hydrogen) atoms. The molecule has 1 saturated carbocycles. The Morgan fingerprint density at radius 3 is 1.66 bits per heavy atom. The minimum Gasteiger partial charge on any atom is -1.00 e. The third kappa shape index (κ3) is 8.92. The molecule has 3 aliphatic rings. The van der Waals surface area contributed by atoms with Gasteiger partial charge in [0.15, 0.2) is 18.4 Å². The second-order valence-corrected chi connectivity index (χ2v) is 9.30. The molecular formula is C18H42Cl5N5O10. The van der Waals surface area contributed by atoms with Crippen molar-refractivity contribution in [2.45, 2.75) is 98.1 Å². The van der Waals surface area contributed by atoms with Crippen LogP contribution in [0.25, 0.3) is 0 Å². The summed E-state index contributed by atoms with van der Waals surface area (Å²) >= 11 is 0. The van der Waals surface area contributed by atoms with Crippen molar-refractivity contribution in [3.8, 4) is 0 Å². The van der Waals surface area contributed by atoms with Crippen LogP contribution in [0, 0.1) is 0 Å². The third-order valence-electron chi connectivity index (χ3n) is 6.93. The Hall–Kier alpha value is 0.850. The van der Waals surface area contributed by atoms with Crippen LogP contribution in [-0.2, 0) is 18.9 Å². The maximum Gasteiger partial charge on any atom is 0.214 e. The largest absolute Gasteiger partial charge is 1.00 e. The van der Waals surface area contributed by atoms with Crippen LogP contribution in [0.1, 0.15) is 6.42 Å². The van der Waals surface area contributed by atoms with E-state index in [-0.39, 0.29) is 68.6 Å². The van der Waals surface area contributed by atoms with Crippen molar-refractivity contribution in [1.82, 2.24) is 0 Å². The van der Waals surface area contributed by atoms with Gasteiger partial charge >= 0.3 is 0 Å². The first kappa shape index (κ1) is 43.3. The number of halogens is 5. The van der Waals surface area contributed by atoms with Gasteiger partial charge in [-0.2, -0.15) is 0 Å². The van der Waals surface area contributed by atoms with Gasteiger partial charge in [-0.1, -0.05) is 0 Å². The molecule has 3 rings (SSSR count). The van der Waals surface area contributed by atoms with Crippen LogP contribution in [-0.4, -0.2) is 135 Å². The van der Waals surface area contributed by atoms with Crippen molar-refractivity contribution in [3.63, 3.8) is 0 Å². The zero-order valence-corrected chi connectivity index (χ0v) is 24.3. The number of rotatable bonds is 6. The van der Waals surface area contributed by atoms with Crippen LogP contribution in [0.2, 0.25) is 0 Å². The van der Waals surface area contributed by atoms with E-state index in [1.54, 1.807) is 0 Å². The molecule has 15 nitrogen and oxygen atoms in total. The van der Waals surface area contributed by atoms with Gasteiger partial charge in [-0.05, 0) is 0 Å². The maximum atomic E-state index is 10.9. The Morgan fingerprint density at radius 1 is 0.605 bits per heavy atom. The van der Waals surface area contributed by atoms with Crippen molar-refractivity contribution >= 4 is 0 Å². The predicted molar refractivity (Wildman–Crippen MR) is 103 cm³/mol. The van der Waals surface area contributed by atoms with E-state index in [9.17, 15) is 30.6 Å². The molecular weight excluding hydrogens is 623 g/mol. The fraction of sp³-hybridized carbons (Fsp3) is 1.00. The van der Waals surface area contributed by atoms with Crippen LogP contribution >= 0.6 is 0 Å². The Labute approximate surface area is 251 Å². The van der Waals surface area contributed by atoms with Gasteiger partial charge in [0.25, 0.3) is 0 Å². The van der Waals surface area contributed by atoms with Gasteiger partial charge in [-0.3, -0.25) is 0 Å². The zero-order chi connectivity index (χ0) is 24.6. The van der Waals surface area contributed by atoms with Gasteiger partial charge in [0.2, 0.25) is 6.29 Å². The molecule has 0 aromatic heterocycles. The highest BCUT2D eigenvalue weighted by molar-refractivity contribution is 4.97. The molecule has 0 radical (unpaired) electrons. The predicted octanol–water partition coefficient (Wildman–Crippen LogP) is -25.9. The number of aliphatic hydroxyl groups is 6. The van der Waals surface area contributed by atoms with Gasteiger partial charge in [0.1, 0.15) is 73.5 Å². The van der Waals surface area contributed by atoms with Crippen molar-refractivity contribution < 1.29 is 140 Å². The molecule has 0 spiro atoms. The Kier molecular flexibility index (Phi) is 21.0. The summed E-state index contributed by atoms with van der Waals surface area (Å²) < 4.78 is 23.4.